The number of carbonyl (C=O) groups is 4. The summed E-state index contributed by atoms with van der Waals surface area (Å²) >= 11 is 0. The molecule has 3 fully saturated rings. The third-order valence-electron chi connectivity index (χ3n) is 10.3. The third kappa shape index (κ3) is 7.92. The zero-order valence-corrected chi connectivity index (χ0v) is 30.1. The van der Waals surface area contributed by atoms with Crippen LogP contribution in [0.25, 0.3) is 10.8 Å². The summed E-state index contributed by atoms with van der Waals surface area (Å²) in [5, 5.41) is 15.8. The molecular weight excluding hydrogens is 678 g/mol. The smallest absolute Gasteiger partial charge is 0.405 e. The second-order valence-corrected chi connectivity index (χ2v) is 16.8. The molecule has 2 aliphatic heterocycles. The molecule has 51 heavy (non-hydrogen) atoms. The molecule has 0 spiro atoms. The summed E-state index contributed by atoms with van der Waals surface area (Å²) in [4.78, 5) is 60.1. The second kappa shape index (κ2) is 14.3. The van der Waals surface area contributed by atoms with Crippen LogP contribution >= 0.6 is 0 Å². The molecule has 4 N–H and O–H groups in total. The van der Waals surface area contributed by atoms with E-state index in [-0.39, 0.29) is 37.3 Å². The summed E-state index contributed by atoms with van der Waals surface area (Å²) in [5.41, 5.74) is -1.52. The Morgan fingerprint density at radius 2 is 1.82 bits per heavy atom. The van der Waals surface area contributed by atoms with E-state index in [0.717, 1.165) is 11.8 Å². The van der Waals surface area contributed by atoms with E-state index in [2.05, 4.69) is 20.3 Å². The Morgan fingerprint density at radius 1 is 1.10 bits per heavy atom. The number of nitrogens with one attached hydrogen (secondary N) is 3. The molecule has 276 valence electrons. The van der Waals surface area contributed by atoms with Crippen molar-refractivity contribution in [1.29, 1.82) is 0 Å². The summed E-state index contributed by atoms with van der Waals surface area (Å²) in [6, 6.07) is 5.13. The lowest BCUT2D eigenvalue weighted by Crippen LogP contribution is -2.59. The Hall–Kier alpha value is -4.40. The molecule has 6 rings (SSSR count). The number of ether oxygens (including phenoxy) is 2. The molecule has 14 nitrogen and oxygen atoms in total. The first-order valence-corrected chi connectivity index (χ1v) is 19.3. The fourth-order valence-corrected chi connectivity index (χ4v) is 8.74. The molecule has 0 radical (unpaired) electrons. The van der Waals surface area contributed by atoms with Crippen molar-refractivity contribution in [2.75, 3.05) is 6.54 Å². The minimum atomic E-state index is -3.90. The maximum atomic E-state index is 14.4. The van der Waals surface area contributed by atoms with E-state index in [4.69, 9.17) is 9.47 Å². The fraction of sp³-hybridized carbons (Fsp3) is 0.583. The standard InChI is InChI=1S/C36H47N5O9S/c1-20(2)49-29-18-37-32(27-12-8-7-11-26(27)29)50-24-16-28-31(42)39-36(34(44)40-51(47,48)25-13-14-25)17-23(36)10-6-5-9-21(3)15-22(4)30(38-35(45)46)33(43)41(28)19-24/h6-8,10-12,18,20-25,28,30,38H,5,9,13-17,19H2,1-4H3,(H,39,42)(H,40,44)(H,45,46)/t21-,22-,23-,24-,28+,30+,36-/m1/s1. The van der Waals surface area contributed by atoms with Crippen molar-refractivity contribution in [1.82, 2.24) is 25.2 Å². The average molecular weight is 726 g/mol. The fourth-order valence-electron chi connectivity index (χ4n) is 7.37. The Morgan fingerprint density at radius 3 is 2.51 bits per heavy atom. The van der Waals surface area contributed by atoms with Crippen LogP contribution in [0, 0.1) is 17.8 Å². The number of pyridine rings is 1. The van der Waals surface area contributed by atoms with Crippen molar-refractivity contribution in [3.8, 4) is 11.6 Å². The zero-order valence-electron chi connectivity index (χ0n) is 29.3. The van der Waals surface area contributed by atoms with Crippen LogP contribution in [0.1, 0.15) is 72.6 Å². The lowest BCUT2D eigenvalue weighted by molar-refractivity contribution is -0.142. The normalized spacial score (nSPS) is 30.0. The number of allylic oxidation sites excluding steroid dienone is 1. The average Bonchev–Trinajstić information content (AvgIpc) is 3.99. The number of amides is 4. The highest BCUT2D eigenvalue weighted by Crippen LogP contribution is 2.46. The minimum absolute atomic E-state index is 0.0149. The molecule has 1 aromatic heterocycles. The van der Waals surface area contributed by atoms with Crippen molar-refractivity contribution in [3.63, 3.8) is 0 Å². The summed E-state index contributed by atoms with van der Waals surface area (Å²) < 4.78 is 40.1. The van der Waals surface area contributed by atoms with Crippen LogP contribution in [0.3, 0.4) is 0 Å². The van der Waals surface area contributed by atoms with Crippen molar-refractivity contribution in [2.24, 2.45) is 17.8 Å². The zero-order chi connectivity index (χ0) is 36.7. The first kappa shape index (κ1) is 36.4. The van der Waals surface area contributed by atoms with E-state index in [1.807, 2.05) is 64.1 Å². The van der Waals surface area contributed by atoms with Crippen molar-refractivity contribution in [2.45, 2.75) is 108 Å². The molecule has 4 aliphatic rings. The molecule has 2 aromatic rings. The number of rotatable bonds is 8. The molecule has 2 aliphatic carbocycles. The summed E-state index contributed by atoms with van der Waals surface area (Å²) in [6.07, 6.45) is 6.24. The van der Waals surface area contributed by atoms with Crippen LogP contribution in [0.15, 0.2) is 42.6 Å². The predicted molar refractivity (Wildman–Crippen MR) is 187 cm³/mol. The summed E-state index contributed by atoms with van der Waals surface area (Å²) in [6.45, 7) is 7.61. The Balaban J connectivity index is 1.33. The van der Waals surface area contributed by atoms with Gasteiger partial charge in [-0.2, -0.15) is 0 Å². The van der Waals surface area contributed by atoms with Gasteiger partial charge in [0.1, 0.15) is 29.5 Å². The predicted octanol–water partition coefficient (Wildman–Crippen LogP) is 3.50. The highest BCUT2D eigenvalue weighted by atomic mass is 32.2. The molecule has 3 heterocycles. The van der Waals surface area contributed by atoms with Gasteiger partial charge in [-0.25, -0.2) is 18.2 Å². The molecule has 7 atom stereocenters. The number of benzene rings is 1. The van der Waals surface area contributed by atoms with Gasteiger partial charge in [-0.15, -0.1) is 0 Å². The molecule has 2 saturated carbocycles. The first-order valence-electron chi connectivity index (χ1n) is 17.7. The van der Waals surface area contributed by atoms with Gasteiger partial charge in [0.05, 0.1) is 24.1 Å². The van der Waals surface area contributed by atoms with Gasteiger partial charge < -0.3 is 30.1 Å². The first-order chi connectivity index (χ1) is 24.2. The van der Waals surface area contributed by atoms with Crippen LogP contribution in [0.5, 0.6) is 11.6 Å². The molecule has 1 saturated heterocycles. The number of carbonyl (C=O) groups excluding carboxylic acids is 3. The lowest BCUT2D eigenvalue weighted by Gasteiger charge is -2.32. The Bertz CT molecular complexity index is 1830. The van der Waals surface area contributed by atoms with Crippen LogP contribution in [0.2, 0.25) is 0 Å². The van der Waals surface area contributed by atoms with Gasteiger partial charge in [-0.3, -0.25) is 19.1 Å². The van der Waals surface area contributed by atoms with Gasteiger partial charge in [-0.1, -0.05) is 44.2 Å². The topological polar surface area (TPSA) is 193 Å². The van der Waals surface area contributed by atoms with Crippen LogP contribution in [-0.2, 0) is 24.4 Å². The van der Waals surface area contributed by atoms with Gasteiger partial charge in [0.2, 0.25) is 27.7 Å². The minimum Gasteiger partial charge on any atom is -0.489 e. The number of hydrogen-bond donors (Lipinski definition) is 4. The van der Waals surface area contributed by atoms with Crippen LogP contribution < -0.4 is 24.8 Å². The molecule has 15 heteroatoms. The second-order valence-electron chi connectivity index (χ2n) is 14.8. The number of carboxylic acid groups (broad SMARTS) is 1. The van der Waals surface area contributed by atoms with Crippen molar-refractivity contribution in [3.05, 3.63) is 42.6 Å². The molecular formula is C36H47N5O9S. The Kier molecular flexibility index (Phi) is 10.2. The largest absolute Gasteiger partial charge is 0.489 e. The van der Waals surface area contributed by atoms with Crippen molar-refractivity contribution >= 4 is 44.6 Å². The maximum Gasteiger partial charge on any atom is 0.405 e. The van der Waals surface area contributed by atoms with Crippen LogP contribution in [0.4, 0.5) is 4.79 Å². The van der Waals surface area contributed by atoms with Gasteiger partial charge in [-0.05, 0) is 70.3 Å². The van der Waals surface area contributed by atoms with Gasteiger partial charge in [0.25, 0.3) is 5.91 Å². The number of fused-ring (bicyclic) bond motifs is 3. The number of sulfonamides is 1. The summed E-state index contributed by atoms with van der Waals surface area (Å²) in [5.74, 6) is -1.92. The monoisotopic (exact) mass is 725 g/mol. The maximum absolute atomic E-state index is 14.4. The highest BCUT2D eigenvalue weighted by molar-refractivity contribution is 7.91. The SMILES string of the molecule is CC(C)Oc1cnc(O[C@@H]2C[C@H]3C(=O)N[C@]4(C(=O)NS(=O)(=O)C5CC5)C[C@H]4C=CCC[C@@H](C)C[C@@H](C)[C@H](NC(=O)O)C(=O)N3C2)c2ccccc12. The molecule has 4 amide bonds. The molecule has 0 unspecified atom stereocenters. The Labute approximate surface area is 297 Å². The van der Waals surface area contributed by atoms with E-state index < -0.39 is 74.7 Å². The van der Waals surface area contributed by atoms with E-state index >= 15 is 0 Å². The van der Waals surface area contributed by atoms with E-state index in [1.165, 1.54) is 4.90 Å². The van der Waals surface area contributed by atoms with Crippen LogP contribution in [-0.4, -0.2) is 88.8 Å². The number of hydrogen-bond acceptors (Lipinski definition) is 9. The number of aromatic nitrogens is 1. The lowest BCUT2D eigenvalue weighted by atomic mass is 9.88. The van der Waals surface area contributed by atoms with Gasteiger partial charge in [0.15, 0.2) is 0 Å². The molecule has 1 aromatic carbocycles. The van der Waals surface area contributed by atoms with E-state index in [1.54, 1.807) is 6.20 Å². The van der Waals surface area contributed by atoms with E-state index in [0.29, 0.717) is 36.8 Å². The van der Waals surface area contributed by atoms with Crippen molar-refractivity contribution < 1.29 is 42.2 Å². The third-order valence-corrected chi connectivity index (χ3v) is 12.1. The van der Waals surface area contributed by atoms with Gasteiger partial charge >= 0.3 is 6.09 Å². The highest BCUT2D eigenvalue weighted by Gasteiger charge is 2.62. The van der Waals surface area contributed by atoms with Gasteiger partial charge in [0, 0.05) is 23.1 Å². The summed E-state index contributed by atoms with van der Waals surface area (Å²) in [7, 11) is -3.90. The number of nitrogens with zero attached hydrogens (tertiary/aromatic N) is 2. The van der Waals surface area contributed by atoms with E-state index in [9.17, 15) is 32.7 Å². The quantitative estimate of drug-likeness (QED) is 0.293. The molecule has 0 bridgehead atoms.